The maximum atomic E-state index is 12.5. The molecule has 25 heavy (non-hydrogen) atoms. The third-order valence-electron chi connectivity index (χ3n) is 3.76. The zero-order valence-corrected chi connectivity index (χ0v) is 13.9. The van der Waals surface area contributed by atoms with Gasteiger partial charge in [0.1, 0.15) is 5.60 Å². The van der Waals surface area contributed by atoms with E-state index in [0.717, 1.165) is 0 Å². The fraction of sp³-hybridized carbons (Fsp3) is 0.857. The molecule has 0 aliphatic carbocycles. The van der Waals surface area contributed by atoms with Gasteiger partial charge >= 0.3 is 29.9 Å². The molecule has 0 radical (unpaired) electrons. The largest absolute Gasteiger partial charge is 0.457 e. The van der Waals surface area contributed by atoms with E-state index in [9.17, 15) is 35.9 Å². The van der Waals surface area contributed by atoms with Crippen LogP contribution in [0.15, 0.2) is 0 Å². The van der Waals surface area contributed by atoms with Crippen molar-refractivity contribution >= 4 is 11.9 Å². The van der Waals surface area contributed by atoms with Crippen LogP contribution in [-0.4, -0.2) is 47.2 Å². The fourth-order valence-electron chi connectivity index (χ4n) is 2.15. The van der Waals surface area contributed by atoms with Gasteiger partial charge in [-0.3, -0.25) is 0 Å². The molecular formula is C14H20F6O5. The molecule has 0 unspecified atom stereocenters. The van der Waals surface area contributed by atoms with Crippen LogP contribution in [0.5, 0.6) is 0 Å². The molecule has 0 aromatic carbocycles. The highest BCUT2D eigenvalue weighted by Gasteiger charge is 2.76. The second-order valence-electron chi connectivity index (χ2n) is 5.40. The summed E-state index contributed by atoms with van der Waals surface area (Å²) in [6.45, 7) is 3.68. The maximum absolute atomic E-state index is 12.5. The van der Waals surface area contributed by atoms with Crippen molar-refractivity contribution in [2.45, 2.75) is 70.0 Å². The third kappa shape index (κ3) is 5.23. The summed E-state index contributed by atoms with van der Waals surface area (Å²) in [5.41, 5.74) is -6.68. The zero-order valence-electron chi connectivity index (χ0n) is 13.9. The molecule has 0 aromatic rings. The molecule has 0 amide bonds. The number of alkyl halides is 6. The second kappa shape index (κ2) is 8.24. The molecule has 0 heterocycles. The molecule has 0 aliphatic rings. The predicted octanol–water partition coefficient (Wildman–Crippen LogP) is 3.29. The van der Waals surface area contributed by atoms with Crippen LogP contribution in [0.4, 0.5) is 26.3 Å². The van der Waals surface area contributed by atoms with Gasteiger partial charge in [0.2, 0.25) is 0 Å². The normalized spacial score (nSPS) is 13.5. The Hall–Kier alpha value is -1.52. The summed E-state index contributed by atoms with van der Waals surface area (Å²) in [5, 5.41) is 8.80. The van der Waals surface area contributed by atoms with Gasteiger partial charge in [-0.1, -0.05) is 27.2 Å². The number of esters is 2. The molecule has 0 saturated heterocycles. The monoisotopic (exact) mass is 382 g/mol. The van der Waals surface area contributed by atoms with Crippen LogP contribution in [0, 0.1) is 0 Å². The molecule has 0 aromatic heterocycles. The first-order valence-electron chi connectivity index (χ1n) is 7.45. The predicted molar refractivity (Wildman–Crippen MR) is 72.3 cm³/mol. The first-order valence-corrected chi connectivity index (χ1v) is 7.45. The number of hydrogen-bond acceptors (Lipinski definition) is 5. The number of rotatable bonds is 8. The third-order valence-corrected chi connectivity index (χ3v) is 3.76. The number of carbonyl (C=O) groups is 2. The van der Waals surface area contributed by atoms with Crippen molar-refractivity contribution < 1.29 is 50.5 Å². The zero-order chi connectivity index (χ0) is 20.1. The summed E-state index contributed by atoms with van der Waals surface area (Å²) in [7, 11) is 0. The first kappa shape index (κ1) is 23.5. The van der Waals surface area contributed by atoms with Crippen LogP contribution in [0.25, 0.3) is 0 Å². The van der Waals surface area contributed by atoms with Gasteiger partial charge in [0.25, 0.3) is 0 Å². The number of halogens is 6. The Labute approximate surface area is 140 Å². The van der Waals surface area contributed by atoms with Crippen LogP contribution in [0.3, 0.4) is 0 Å². The maximum Gasteiger partial charge on any atom is 0.437 e. The van der Waals surface area contributed by atoms with Crippen molar-refractivity contribution in [3.8, 4) is 0 Å². The molecular weight excluding hydrogens is 362 g/mol. The molecule has 0 bridgehead atoms. The van der Waals surface area contributed by atoms with Crippen LogP contribution in [-0.2, 0) is 19.1 Å². The van der Waals surface area contributed by atoms with E-state index in [1.165, 1.54) is 0 Å². The second-order valence-corrected chi connectivity index (χ2v) is 5.40. The van der Waals surface area contributed by atoms with Crippen LogP contribution < -0.4 is 0 Å². The van der Waals surface area contributed by atoms with Gasteiger partial charge in [-0.2, -0.15) is 26.3 Å². The fourth-order valence-corrected chi connectivity index (χ4v) is 2.15. The van der Waals surface area contributed by atoms with E-state index in [1.54, 1.807) is 20.8 Å². The topological polar surface area (TPSA) is 72.8 Å². The lowest BCUT2D eigenvalue weighted by atomic mass is 9.92. The Balaban J connectivity index is 5.12. The summed E-state index contributed by atoms with van der Waals surface area (Å²) in [6.07, 6.45) is -11.0. The minimum Gasteiger partial charge on any atom is -0.457 e. The van der Waals surface area contributed by atoms with Gasteiger partial charge in [0.15, 0.2) is 6.61 Å². The molecule has 1 N–H and O–H groups in total. The summed E-state index contributed by atoms with van der Waals surface area (Å²) in [4.78, 5) is 22.8. The van der Waals surface area contributed by atoms with E-state index in [1.807, 2.05) is 0 Å². The van der Waals surface area contributed by atoms with Gasteiger partial charge in [-0.15, -0.1) is 0 Å². The number of carbonyl (C=O) groups excluding carboxylic acids is 2. The Bertz CT molecular complexity index is 453. The van der Waals surface area contributed by atoms with E-state index < -0.39 is 42.1 Å². The van der Waals surface area contributed by atoms with Gasteiger partial charge in [-0.05, 0) is 19.3 Å². The van der Waals surface area contributed by atoms with Crippen molar-refractivity contribution in [3.05, 3.63) is 0 Å². The lowest BCUT2D eigenvalue weighted by Gasteiger charge is -2.32. The number of ether oxygens (including phenoxy) is 2. The quantitative estimate of drug-likeness (QED) is 0.515. The molecule has 0 spiro atoms. The summed E-state index contributed by atoms with van der Waals surface area (Å²) >= 11 is 0. The van der Waals surface area contributed by atoms with Crippen LogP contribution in [0.1, 0.15) is 46.5 Å². The Morgan fingerprint density at radius 1 is 0.920 bits per heavy atom. The van der Waals surface area contributed by atoms with Crippen molar-refractivity contribution in [3.63, 3.8) is 0 Å². The summed E-state index contributed by atoms with van der Waals surface area (Å²) in [5.74, 6) is -4.35. The van der Waals surface area contributed by atoms with Crippen molar-refractivity contribution in [1.82, 2.24) is 0 Å². The van der Waals surface area contributed by atoms with Crippen molar-refractivity contribution in [2.75, 3.05) is 6.61 Å². The minimum atomic E-state index is -6.37. The van der Waals surface area contributed by atoms with E-state index >= 15 is 0 Å². The van der Waals surface area contributed by atoms with Crippen molar-refractivity contribution in [1.29, 1.82) is 0 Å². The highest BCUT2D eigenvalue weighted by molar-refractivity contribution is 5.84. The smallest absolute Gasteiger partial charge is 0.437 e. The Morgan fingerprint density at radius 2 is 1.36 bits per heavy atom. The van der Waals surface area contributed by atoms with Crippen LogP contribution in [0.2, 0.25) is 0 Å². The van der Waals surface area contributed by atoms with Crippen LogP contribution >= 0.6 is 0 Å². The van der Waals surface area contributed by atoms with E-state index in [0.29, 0.717) is 25.7 Å². The molecule has 0 saturated carbocycles. The Kier molecular flexibility index (Phi) is 7.74. The molecule has 148 valence electrons. The number of hydrogen-bond donors (Lipinski definition) is 1. The Morgan fingerprint density at radius 3 is 1.68 bits per heavy atom. The molecule has 0 aliphatic heterocycles. The SMILES string of the molecule is CCCC(CC)(CC)OC(=O)COC(=O)C(O)(C(F)(F)F)C(F)(F)F. The summed E-state index contributed by atoms with van der Waals surface area (Å²) in [6, 6.07) is 0. The average molecular weight is 382 g/mol. The van der Waals surface area contributed by atoms with Gasteiger partial charge < -0.3 is 14.6 Å². The highest BCUT2D eigenvalue weighted by atomic mass is 19.4. The van der Waals surface area contributed by atoms with E-state index in [2.05, 4.69) is 4.74 Å². The lowest BCUT2D eigenvalue weighted by Crippen LogP contribution is -2.63. The average Bonchev–Trinajstić information content (AvgIpc) is 2.48. The van der Waals surface area contributed by atoms with Crippen molar-refractivity contribution in [2.24, 2.45) is 0 Å². The minimum absolute atomic E-state index is 0.353. The molecule has 0 atom stereocenters. The standard InChI is InChI=1S/C14H20F6O5/c1-4-7-11(5-2,6-3)25-9(21)8-24-10(22)12(23,13(15,16)17)14(18,19)20/h23H,4-8H2,1-3H3. The van der Waals surface area contributed by atoms with Gasteiger partial charge in [0.05, 0.1) is 0 Å². The molecule has 11 heteroatoms. The van der Waals surface area contributed by atoms with E-state index in [-0.39, 0.29) is 0 Å². The first-order chi connectivity index (χ1) is 11.2. The molecule has 0 rings (SSSR count). The molecule has 5 nitrogen and oxygen atoms in total. The summed E-state index contributed by atoms with van der Waals surface area (Å²) < 4.78 is 83.6. The molecule has 0 fully saturated rings. The van der Waals surface area contributed by atoms with Gasteiger partial charge in [-0.25, -0.2) is 9.59 Å². The number of aliphatic hydroxyl groups is 1. The lowest BCUT2D eigenvalue weighted by molar-refractivity contribution is -0.356. The van der Waals surface area contributed by atoms with E-state index in [4.69, 9.17) is 9.84 Å². The highest BCUT2D eigenvalue weighted by Crippen LogP contribution is 2.43. The van der Waals surface area contributed by atoms with Gasteiger partial charge in [0, 0.05) is 0 Å².